The monoisotopic (exact) mass is 373 g/mol. The first-order chi connectivity index (χ1) is 12.1. The normalized spacial score (nSPS) is 13.8. The van der Waals surface area contributed by atoms with Crippen LogP contribution in [0, 0.1) is 0 Å². The molecule has 5 nitrogen and oxygen atoms in total. The van der Waals surface area contributed by atoms with E-state index in [0.717, 1.165) is 11.0 Å². The maximum Gasteiger partial charge on any atom is 0.262 e. The summed E-state index contributed by atoms with van der Waals surface area (Å²) in [5.74, 6) is -0.0575. The SMILES string of the molecule is O=C(Nc1c(Cl)cccc1Cl)C1=C(O)CCn2c1nc1ccccc12. The number of carbonyl (C=O) groups excluding carboxylic acids is 1. The van der Waals surface area contributed by atoms with Gasteiger partial charge in [-0.2, -0.15) is 0 Å². The molecule has 7 heteroatoms. The summed E-state index contributed by atoms with van der Waals surface area (Å²) in [5, 5.41) is 13.7. The molecule has 0 radical (unpaired) electrons. The predicted molar refractivity (Wildman–Crippen MR) is 99.0 cm³/mol. The molecule has 1 aliphatic heterocycles. The van der Waals surface area contributed by atoms with Crippen molar-refractivity contribution in [3.63, 3.8) is 0 Å². The molecule has 126 valence electrons. The molecule has 2 aromatic carbocycles. The summed E-state index contributed by atoms with van der Waals surface area (Å²) in [7, 11) is 0. The lowest BCUT2D eigenvalue weighted by Gasteiger charge is -2.19. The smallest absolute Gasteiger partial charge is 0.262 e. The first-order valence-electron chi connectivity index (χ1n) is 7.69. The van der Waals surface area contributed by atoms with Crippen LogP contribution in [0.5, 0.6) is 0 Å². The van der Waals surface area contributed by atoms with Crippen LogP contribution in [-0.4, -0.2) is 20.6 Å². The highest BCUT2D eigenvalue weighted by Crippen LogP contribution is 2.33. The van der Waals surface area contributed by atoms with Gasteiger partial charge in [0.25, 0.3) is 5.91 Å². The summed E-state index contributed by atoms with van der Waals surface area (Å²) in [4.78, 5) is 17.3. The van der Waals surface area contributed by atoms with Crippen molar-refractivity contribution in [1.29, 1.82) is 0 Å². The number of aliphatic hydroxyl groups excluding tert-OH is 1. The Kier molecular flexibility index (Phi) is 3.90. The van der Waals surface area contributed by atoms with Crippen LogP contribution in [0.25, 0.3) is 16.6 Å². The summed E-state index contributed by atoms with van der Waals surface area (Å²) in [5.41, 5.74) is 2.14. The molecule has 0 aliphatic carbocycles. The van der Waals surface area contributed by atoms with Gasteiger partial charge in [-0.25, -0.2) is 4.98 Å². The van der Waals surface area contributed by atoms with Gasteiger partial charge in [0.05, 0.1) is 26.8 Å². The van der Waals surface area contributed by atoms with E-state index in [1.54, 1.807) is 18.2 Å². The van der Waals surface area contributed by atoms with Crippen molar-refractivity contribution in [2.45, 2.75) is 13.0 Å². The molecule has 1 amide bonds. The molecular formula is C18H13Cl2N3O2. The molecule has 4 rings (SSSR count). The Bertz CT molecular complexity index is 1020. The second kappa shape index (κ2) is 6.10. The molecule has 1 aromatic heterocycles. The van der Waals surface area contributed by atoms with E-state index in [1.165, 1.54) is 0 Å². The number of carbonyl (C=O) groups is 1. The third-order valence-electron chi connectivity index (χ3n) is 4.17. The number of aromatic nitrogens is 2. The average Bonchev–Trinajstić information content (AvgIpc) is 2.96. The molecule has 2 heterocycles. The Morgan fingerprint density at radius 2 is 1.84 bits per heavy atom. The van der Waals surface area contributed by atoms with Gasteiger partial charge in [-0.15, -0.1) is 0 Å². The van der Waals surface area contributed by atoms with Crippen molar-refractivity contribution < 1.29 is 9.90 Å². The van der Waals surface area contributed by atoms with Crippen LogP contribution in [0.15, 0.2) is 48.2 Å². The number of hydrogen-bond acceptors (Lipinski definition) is 3. The van der Waals surface area contributed by atoms with Crippen LogP contribution >= 0.6 is 23.2 Å². The topological polar surface area (TPSA) is 67.2 Å². The minimum Gasteiger partial charge on any atom is -0.511 e. The minimum atomic E-state index is -0.497. The second-order valence-electron chi connectivity index (χ2n) is 5.70. The van der Waals surface area contributed by atoms with Gasteiger partial charge in [0.2, 0.25) is 0 Å². The lowest BCUT2D eigenvalue weighted by Crippen LogP contribution is -2.22. The van der Waals surface area contributed by atoms with E-state index in [4.69, 9.17) is 23.2 Å². The zero-order chi connectivity index (χ0) is 17.6. The number of nitrogens with zero attached hydrogens (tertiary/aromatic N) is 2. The number of allylic oxidation sites excluding steroid dienone is 1. The molecule has 0 saturated carbocycles. The lowest BCUT2D eigenvalue weighted by molar-refractivity contribution is -0.111. The highest BCUT2D eigenvalue weighted by Gasteiger charge is 2.28. The Hall–Kier alpha value is -2.50. The van der Waals surface area contributed by atoms with E-state index in [1.807, 2.05) is 28.8 Å². The molecule has 3 aromatic rings. The molecule has 0 unspecified atom stereocenters. The van der Waals surface area contributed by atoms with Crippen molar-refractivity contribution in [3.05, 3.63) is 64.1 Å². The summed E-state index contributed by atoms with van der Waals surface area (Å²) in [6, 6.07) is 12.6. The van der Waals surface area contributed by atoms with Gasteiger partial charge in [-0.05, 0) is 24.3 Å². The number of nitrogens with one attached hydrogen (secondary N) is 1. The number of anilines is 1. The number of rotatable bonds is 2. The van der Waals surface area contributed by atoms with Crippen molar-refractivity contribution in [2.24, 2.45) is 0 Å². The first-order valence-corrected chi connectivity index (χ1v) is 8.45. The standard InChI is InChI=1S/C18H13Cl2N3O2/c19-10-4-3-5-11(20)16(10)22-18(25)15-14(24)8-9-23-13-7-2-1-6-12(13)21-17(15)23/h1-7,24H,8-9H2,(H,22,25). The third-order valence-corrected chi connectivity index (χ3v) is 4.80. The molecule has 0 atom stereocenters. The molecule has 0 spiro atoms. The van der Waals surface area contributed by atoms with Gasteiger partial charge in [0, 0.05) is 13.0 Å². The Balaban J connectivity index is 1.78. The maximum absolute atomic E-state index is 12.8. The van der Waals surface area contributed by atoms with Crippen LogP contribution in [0.4, 0.5) is 5.69 Å². The van der Waals surface area contributed by atoms with Crippen LogP contribution in [0.3, 0.4) is 0 Å². The number of fused-ring (bicyclic) bond motifs is 3. The number of para-hydroxylation sites is 3. The van der Waals surface area contributed by atoms with Gasteiger partial charge in [-0.3, -0.25) is 4.79 Å². The van der Waals surface area contributed by atoms with Crippen LogP contribution in [-0.2, 0) is 11.3 Å². The maximum atomic E-state index is 12.8. The van der Waals surface area contributed by atoms with E-state index in [9.17, 15) is 9.90 Å². The van der Waals surface area contributed by atoms with Crippen LogP contribution in [0.1, 0.15) is 12.2 Å². The average molecular weight is 374 g/mol. The fourth-order valence-corrected chi connectivity index (χ4v) is 3.48. The third kappa shape index (κ3) is 2.65. The zero-order valence-electron chi connectivity index (χ0n) is 13.0. The van der Waals surface area contributed by atoms with Gasteiger partial charge < -0.3 is 15.0 Å². The van der Waals surface area contributed by atoms with Crippen molar-refractivity contribution >= 4 is 51.4 Å². The highest BCUT2D eigenvalue weighted by atomic mass is 35.5. The summed E-state index contributed by atoms with van der Waals surface area (Å²) < 4.78 is 1.93. The summed E-state index contributed by atoms with van der Waals surface area (Å²) in [6.45, 7) is 0.561. The first kappa shape index (κ1) is 16.0. The summed E-state index contributed by atoms with van der Waals surface area (Å²) >= 11 is 12.2. The highest BCUT2D eigenvalue weighted by molar-refractivity contribution is 6.41. The number of halogens is 2. The predicted octanol–water partition coefficient (Wildman–Crippen LogP) is 4.65. The largest absolute Gasteiger partial charge is 0.511 e. The Morgan fingerprint density at radius 1 is 1.12 bits per heavy atom. The number of aryl methyl sites for hydroxylation is 1. The van der Waals surface area contributed by atoms with Gasteiger partial charge in [0.1, 0.15) is 17.2 Å². The van der Waals surface area contributed by atoms with E-state index in [2.05, 4.69) is 10.3 Å². The molecule has 0 bridgehead atoms. The van der Waals surface area contributed by atoms with Crippen molar-refractivity contribution in [1.82, 2.24) is 9.55 Å². The lowest BCUT2D eigenvalue weighted by atomic mass is 10.1. The quantitative estimate of drug-likeness (QED) is 0.686. The Labute approximate surface area is 153 Å². The molecular weight excluding hydrogens is 361 g/mol. The van der Waals surface area contributed by atoms with E-state index in [-0.39, 0.29) is 11.3 Å². The Morgan fingerprint density at radius 3 is 2.60 bits per heavy atom. The minimum absolute atomic E-state index is 0.00322. The fraction of sp³-hybridized carbons (Fsp3) is 0.111. The number of imidazole rings is 1. The fourth-order valence-electron chi connectivity index (χ4n) is 2.99. The van der Waals surface area contributed by atoms with Gasteiger partial charge in [-0.1, -0.05) is 41.4 Å². The molecule has 0 saturated heterocycles. The molecule has 0 fully saturated rings. The number of hydrogen-bond donors (Lipinski definition) is 2. The van der Waals surface area contributed by atoms with Gasteiger partial charge >= 0.3 is 0 Å². The number of aliphatic hydroxyl groups is 1. The second-order valence-corrected chi connectivity index (χ2v) is 6.51. The molecule has 25 heavy (non-hydrogen) atoms. The van der Waals surface area contributed by atoms with Gasteiger partial charge in [0.15, 0.2) is 0 Å². The zero-order valence-corrected chi connectivity index (χ0v) is 14.5. The van der Waals surface area contributed by atoms with E-state index < -0.39 is 5.91 Å². The van der Waals surface area contributed by atoms with Crippen molar-refractivity contribution in [2.75, 3.05) is 5.32 Å². The van der Waals surface area contributed by atoms with Crippen LogP contribution in [0.2, 0.25) is 10.0 Å². The van der Waals surface area contributed by atoms with Crippen molar-refractivity contribution in [3.8, 4) is 0 Å². The molecule has 1 aliphatic rings. The number of benzene rings is 2. The number of amides is 1. The van der Waals surface area contributed by atoms with E-state index >= 15 is 0 Å². The molecule has 2 N–H and O–H groups in total. The van der Waals surface area contributed by atoms with Crippen LogP contribution < -0.4 is 5.32 Å². The summed E-state index contributed by atoms with van der Waals surface area (Å²) in [6.07, 6.45) is 0.354. The van der Waals surface area contributed by atoms with E-state index in [0.29, 0.717) is 34.5 Å².